The van der Waals surface area contributed by atoms with Crippen molar-refractivity contribution in [2.45, 2.75) is 26.2 Å². The SMILES string of the molecule is CCc1ccc(CCC(=O)Nc2ccc(NC(=O)c3cccnc3)c(OC)c2)cc1. The average Bonchev–Trinajstić information content (AvgIpc) is 2.79. The Morgan fingerprint density at radius 1 is 1.00 bits per heavy atom. The molecule has 30 heavy (non-hydrogen) atoms. The van der Waals surface area contributed by atoms with Crippen LogP contribution in [0.3, 0.4) is 0 Å². The number of hydrogen-bond donors (Lipinski definition) is 2. The van der Waals surface area contributed by atoms with Crippen molar-refractivity contribution in [3.8, 4) is 5.75 Å². The highest BCUT2D eigenvalue weighted by Gasteiger charge is 2.12. The second kappa shape index (κ2) is 10.2. The predicted molar refractivity (Wildman–Crippen MR) is 118 cm³/mol. The first kappa shape index (κ1) is 21.0. The van der Waals surface area contributed by atoms with Gasteiger partial charge in [0, 0.05) is 30.6 Å². The number of methoxy groups -OCH3 is 1. The van der Waals surface area contributed by atoms with Crippen molar-refractivity contribution < 1.29 is 14.3 Å². The normalized spacial score (nSPS) is 10.3. The number of carbonyl (C=O) groups is 2. The van der Waals surface area contributed by atoms with Crippen LogP contribution in [0.4, 0.5) is 11.4 Å². The van der Waals surface area contributed by atoms with Gasteiger partial charge in [-0.1, -0.05) is 31.2 Å². The van der Waals surface area contributed by atoms with E-state index in [1.165, 1.54) is 18.9 Å². The molecule has 0 saturated carbocycles. The first-order valence-electron chi connectivity index (χ1n) is 9.86. The van der Waals surface area contributed by atoms with E-state index in [1.807, 2.05) is 0 Å². The highest BCUT2D eigenvalue weighted by molar-refractivity contribution is 6.05. The van der Waals surface area contributed by atoms with Crippen molar-refractivity contribution in [3.05, 3.63) is 83.7 Å². The lowest BCUT2D eigenvalue weighted by molar-refractivity contribution is -0.116. The number of ether oxygens (including phenoxy) is 1. The fourth-order valence-corrected chi connectivity index (χ4v) is 2.99. The van der Waals surface area contributed by atoms with Crippen LogP contribution in [0.15, 0.2) is 67.0 Å². The van der Waals surface area contributed by atoms with Crippen molar-refractivity contribution >= 4 is 23.2 Å². The number of anilines is 2. The molecule has 154 valence electrons. The number of nitrogens with zero attached hydrogens (tertiary/aromatic N) is 1. The number of amides is 2. The fraction of sp³-hybridized carbons (Fsp3) is 0.208. The quantitative estimate of drug-likeness (QED) is 0.581. The van der Waals surface area contributed by atoms with Crippen LogP contribution in [0.2, 0.25) is 0 Å². The van der Waals surface area contributed by atoms with Crippen molar-refractivity contribution in [1.82, 2.24) is 4.98 Å². The number of rotatable bonds is 8. The summed E-state index contributed by atoms with van der Waals surface area (Å²) in [6.45, 7) is 2.12. The molecule has 0 radical (unpaired) electrons. The lowest BCUT2D eigenvalue weighted by atomic mass is 10.1. The summed E-state index contributed by atoms with van der Waals surface area (Å²) >= 11 is 0. The molecule has 3 aromatic rings. The highest BCUT2D eigenvalue weighted by Crippen LogP contribution is 2.28. The van der Waals surface area contributed by atoms with Crippen LogP contribution < -0.4 is 15.4 Å². The van der Waals surface area contributed by atoms with Crippen molar-refractivity contribution in [1.29, 1.82) is 0 Å². The number of carbonyl (C=O) groups excluding carboxylic acids is 2. The van der Waals surface area contributed by atoms with Gasteiger partial charge < -0.3 is 15.4 Å². The van der Waals surface area contributed by atoms with Gasteiger partial charge in [0.25, 0.3) is 5.91 Å². The molecule has 0 unspecified atom stereocenters. The molecule has 0 aliphatic carbocycles. The molecule has 0 atom stereocenters. The third kappa shape index (κ3) is 5.67. The molecule has 6 nitrogen and oxygen atoms in total. The molecule has 0 bridgehead atoms. The van der Waals surface area contributed by atoms with Crippen molar-refractivity contribution in [3.63, 3.8) is 0 Å². The van der Waals surface area contributed by atoms with Crippen molar-refractivity contribution in [2.75, 3.05) is 17.7 Å². The molecule has 1 heterocycles. The first-order chi connectivity index (χ1) is 14.6. The number of aryl methyl sites for hydroxylation is 2. The van der Waals surface area contributed by atoms with E-state index in [0.717, 1.165) is 12.0 Å². The monoisotopic (exact) mass is 403 g/mol. The Morgan fingerprint density at radius 2 is 1.77 bits per heavy atom. The summed E-state index contributed by atoms with van der Waals surface area (Å²) in [4.78, 5) is 28.6. The van der Waals surface area contributed by atoms with Crippen LogP contribution in [-0.2, 0) is 17.6 Å². The Kier molecular flexibility index (Phi) is 7.16. The van der Waals surface area contributed by atoms with Gasteiger partial charge in [0.15, 0.2) is 0 Å². The number of aromatic nitrogens is 1. The smallest absolute Gasteiger partial charge is 0.257 e. The molecule has 1 aromatic heterocycles. The van der Waals surface area contributed by atoms with E-state index < -0.39 is 0 Å². The van der Waals surface area contributed by atoms with Gasteiger partial charge in [-0.2, -0.15) is 0 Å². The largest absolute Gasteiger partial charge is 0.494 e. The second-order valence-electron chi connectivity index (χ2n) is 6.83. The van der Waals surface area contributed by atoms with Crippen molar-refractivity contribution in [2.24, 2.45) is 0 Å². The van der Waals surface area contributed by atoms with Gasteiger partial charge in [0.1, 0.15) is 5.75 Å². The van der Waals surface area contributed by atoms with Gasteiger partial charge in [-0.25, -0.2) is 0 Å². The van der Waals surface area contributed by atoms with Gasteiger partial charge in [-0.05, 0) is 48.2 Å². The van der Waals surface area contributed by atoms with E-state index in [-0.39, 0.29) is 11.8 Å². The molecular formula is C24H25N3O3. The van der Waals surface area contributed by atoms with E-state index >= 15 is 0 Å². The topological polar surface area (TPSA) is 80.3 Å². The predicted octanol–water partition coefficient (Wildman–Crippen LogP) is 4.48. The zero-order valence-corrected chi connectivity index (χ0v) is 17.1. The molecule has 2 N–H and O–H groups in total. The zero-order valence-electron chi connectivity index (χ0n) is 17.1. The molecule has 2 aromatic carbocycles. The first-order valence-corrected chi connectivity index (χ1v) is 9.86. The number of benzene rings is 2. The Bertz CT molecular complexity index is 1000. The number of nitrogens with one attached hydrogen (secondary N) is 2. The molecule has 0 saturated heterocycles. The Balaban J connectivity index is 1.59. The molecule has 2 amide bonds. The van der Waals surface area contributed by atoms with Crippen LogP contribution >= 0.6 is 0 Å². The van der Waals surface area contributed by atoms with Gasteiger partial charge in [0.2, 0.25) is 5.91 Å². The van der Waals surface area contributed by atoms with Gasteiger partial charge in [-0.3, -0.25) is 14.6 Å². The van der Waals surface area contributed by atoms with Crippen LogP contribution in [0, 0.1) is 0 Å². The van der Waals surface area contributed by atoms with E-state index in [4.69, 9.17) is 4.74 Å². The maximum atomic E-state index is 12.3. The van der Waals surface area contributed by atoms with E-state index in [0.29, 0.717) is 35.5 Å². The number of hydrogen-bond acceptors (Lipinski definition) is 4. The Morgan fingerprint density at radius 3 is 2.43 bits per heavy atom. The average molecular weight is 403 g/mol. The standard InChI is InChI=1S/C24H25N3O3/c1-3-17-6-8-18(9-7-17)10-13-23(28)26-20-11-12-21(22(15-20)30-2)27-24(29)19-5-4-14-25-16-19/h4-9,11-12,14-16H,3,10,13H2,1-2H3,(H,26,28)(H,27,29). The summed E-state index contributed by atoms with van der Waals surface area (Å²) in [7, 11) is 1.51. The molecule has 3 rings (SSSR count). The molecule has 0 fully saturated rings. The maximum Gasteiger partial charge on any atom is 0.257 e. The summed E-state index contributed by atoms with van der Waals surface area (Å²) in [6, 6.07) is 16.8. The Labute approximate surface area is 176 Å². The summed E-state index contributed by atoms with van der Waals surface area (Å²) in [5.74, 6) is 0.0937. The summed E-state index contributed by atoms with van der Waals surface area (Å²) < 4.78 is 5.37. The van der Waals surface area contributed by atoms with Crippen LogP contribution in [-0.4, -0.2) is 23.9 Å². The van der Waals surface area contributed by atoms with E-state index in [9.17, 15) is 9.59 Å². The second-order valence-corrected chi connectivity index (χ2v) is 6.83. The number of pyridine rings is 1. The van der Waals surface area contributed by atoms with Crippen LogP contribution in [0.5, 0.6) is 5.75 Å². The molecule has 0 aliphatic heterocycles. The third-order valence-electron chi connectivity index (χ3n) is 4.73. The molecule has 6 heteroatoms. The van der Waals surface area contributed by atoms with Gasteiger partial charge >= 0.3 is 0 Å². The van der Waals surface area contributed by atoms with Gasteiger partial charge in [0.05, 0.1) is 18.4 Å². The summed E-state index contributed by atoms with van der Waals surface area (Å²) in [5, 5.41) is 5.68. The zero-order chi connectivity index (χ0) is 21.3. The summed E-state index contributed by atoms with van der Waals surface area (Å²) in [6.07, 6.45) is 5.15. The maximum absolute atomic E-state index is 12.3. The molecule has 0 aliphatic rings. The minimum Gasteiger partial charge on any atom is -0.494 e. The van der Waals surface area contributed by atoms with E-state index in [2.05, 4.69) is 46.8 Å². The fourth-order valence-electron chi connectivity index (χ4n) is 2.99. The lowest BCUT2D eigenvalue weighted by Gasteiger charge is -2.13. The molecular weight excluding hydrogens is 378 g/mol. The van der Waals surface area contributed by atoms with Crippen LogP contribution in [0.25, 0.3) is 0 Å². The highest BCUT2D eigenvalue weighted by atomic mass is 16.5. The minimum absolute atomic E-state index is 0.0798. The summed E-state index contributed by atoms with van der Waals surface area (Å²) in [5.41, 5.74) is 3.99. The van der Waals surface area contributed by atoms with Crippen LogP contribution in [0.1, 0.15) is 34.8 Å². The third-order valence-corrected chi connectivity index (χ3v) is 4.73. The van der Waals surface area contributed by atoms with E-state index in [1.54, 1.807) is 36.5 Å². The lowest BCUT2D eigenvalue weighted by Crippen LogP contribution is -2.14. The molecule has 0 spiro atoms. The minimum atomic E-state index is -0.285. The Hall–Kier alpha value is -3.67. The van der Waals surface area contributed by atoms with Gasteiger partial charge in [-0.15, -0.1) is 0 Å².